The van der Waals surface area contributed by atoms with Crippen molar-refractivity contribution in [1.29, 1.82) is 0 Å². The van der Waals surface area contributed by atoms with Crippen molar-refractivity contribution in [3.63, 3.8) is 0 Å². The molecule has 5 rings (SSSR count). The van der Waals surface area contributed by atoms with Crippen molar-refractivity contribution in [3.8, 4) is 11.3 Å². The number of likely N-dealkylation sites (tertiary alicyclic amines) is 1. The van der Waals surface area contributed by atoms with Crippen molar-refractivity contribution in [3.05, 3.63) is 75.5 Å². The van der Waals surface area contributed by atoms with Gasteiger partial charge in [-0.3, -0.25) is 9.69 Å². The van der Waals surface area contributed by atoms with Crippen molar-refractivity contribution in [1.82, 2.24) is 15.4 Å². The second kappa shape index (κ2) is 11.0. The normalized spacial score (nSPS) is 22.9. The summed E-state index contributed by atoms with van der Waals surface area (Å²) in [5.41, 5.74) is 2.88. The largest absolute Gasteiger partial charge is 0.360 e. The molecule has 1 aliphatic heterocycles. The predicted molar refractivity (Wildman–Crippen MR) is 145 cm³/mol. The van der Waals surface area contributed by atoms with Crippen LogP contribution >= 0.6 is 23.2 Å². The minimum Gasteiger partial charge on any atom is -0.360 e. The molecule has 5 nitrogen and oxygen atoms in total. The molecule has 2 aromatic carbocycles. The Morgan fingerprint density at radius 2 is 1.69 bits per heavy atom. The van der Waals surface area contributed by atoms with Crippen molar-refractivity contribution in [2.75, 3.05) is 13.1 Å². The summed E-state index contributed by atoms with van der Waals surface area (Å²) in [5.74, 6) is 0.277. The lowest BCUT2D eigenvalue weighted by Gasteiger charge is -2.50. The van der Waals surface area contributed by atoms with Gasteiger partial charge >= 0.3 is 0 Å². The molecule has 1 aliphatic carbocycles. The number of amides is 1. The number of benzene rings is 2. The van der Waals surface area contributed by atoms with E-state index in [4.69, 9.17) is 27.7 Å². The van der Waals surface area contributed by atoms with E-state index in [-0.39, 0.29) is 17.5 Å². The summed E-state index contributed by atoms with van der Waals surface area (Å²) in [6, 6.07) is 16.2. The Bertz CT molecular complexity index is 1180. The van der Waals surface area contributed by atoms with Crippen LogP contribution in [-0.4, -0.2) is 40.6 Å². The number of hydrogen-bond donors (Lipinski definition) is 1. The molecule has 2 heterocycles. The van der Waals surface area contributed by atoms with Crippen LogP contribution in [0.2, 0.25) is 10.0 Å². The third-order valence-corrected chi connectivity index (χ3v) is 8.57. The van der Waals surface area contributed by atoms with Gasteiger partial charge in [0.2, 0.25) is 0 Å². The van der Waals surface area contributed by atoms with E-state index in [1.807, 2.05) is 0 Å². The summed E-state index contributed by atoms with van der Waals surface area (Å²) >= 11 is 12.8. The maximum Gasteiger partial charge on any atom is 0.257 e. The van der Waals surface area contributed by atoms with Gasteiger partial charge in [0.15, 0.2) is 0 Å². The molecule has 190 valence electrons. The number of aromatic nitrogens is 1. The van der Waals surface area contributed by atoms with E-state index >= 15 is 0 Å². The third-order valence-electron chi connectivity index (χ3n) is 7.94. The lowest BCUT2D eigenvalue weighted by molar-refractivity contribution is 0.0259. The van der Waals surface area contributed by atoms with Gasteiger partial charge in [0.05, 0.1) is 10.0 Å². The molecule has 36 heavy (non-hydrogen) atoms. The lowest BCUT2D eigenvalue weighted by Crippen LogP contribution is -2.56. The number of nitrogens with zero attached hydrogens (tertiary/aromatic N) is 2. The van der Waals surface area contributed by atoms with E-state index in [1.165, 1.54) is 37.9 Å². The summed E-state index contributed by atoms with van der Waals surface area (Å²) in [7, 11) is 0. The minimum absolute atomic E-state index is 0.107. The zero-order chi connectivity index (χ0) is 25.1. The van der Waals surface area contributed by atoms with Gasteiger partial charge < -0.3 is 9.84 Å². The standard InChI is InChI=1S/C29H33Cl2N3O2/c1-20-25(27(33-36-20)26-23(30)11-8-12-24(26)31)28(35)32-22-13-15-29(16-14-22,34-17-6-3-7-18-34)19-21-9-4-2-5-10-21/h2,4-5,8-12,22H,3,6-7,13-19H2,1H3,(H,32,35). The van der Waals surface area contributed by atoms with Gasteiger partial charge in [-0.05, 0) is 82.7 Å². The summed E-state index contributed by atoms with van der Waals surface area (Å²) in [6.45, 7) is 4.09. The van der Waals surface area contributed by atoms with Crippen LogP contribution in [0.1, 0.15) is 66.6 Å². The quantitative estimate of drug-likeness (QED) is 0.372. The van der Waals surface area contributed by atoms with Gasteiger partial charge in [-0.25, -0.2) is 0 Å². The Balaban J connectivity index is 1.32. The molecular formula is C29H33Cl2N3O2. The van der Waals surface area contributed by atoms with E-state index in [0.29, 0.717) is 32.6 Å². The van der Waals surface area contributed by atoms with Crippen molar-refractivity contribution < 1.29 is 9.32 Å². The molecular weight excluding hydrogens is 493 g/mol. The van der Waals surface area contributed by atoms with Crippen LogP contribution in [0.25, 0.3) is 11.3 Å². The SMILES string of the molecule is Cc1onc(-c2c(Cl)cccc2Cl)c1C(=O)NC1CCC(Cc2ccccc2)(N2CCCCC2)CC1. The van der Waals surface area contributed by atoms with Crippen molar-refractivity contribution >= 4 is 29.1 Å². The van der Waals surface area contributed by atoms with Gasteiger partial charge in [0.25, 0.3) is 5.91 Å². The van der Waals surface area contributed by atoms with E-state index in [1.54, 1.807) is 25.1 Å². The maximum atomic E-state index is 13.5. The first kappa shape index (κ1) is 25.3. The summed E-state index contributed by atoms with van der Waals surface area (Å²) < 4.78 is 5.41. The van der Waals surface area contributed by atoms with E-state index in [2.05, 4.69) is 45.7 Å². The summed E-state index contributed by atoms with van der Waals surface area (Å²) in [6.07, 6.45) is 8.97. The first-order chi connectivity index (χ1) is 17.5. The number of aryl methyl sites for hydroxylation is 1. The monoisotopic (exact) mass is 525 g/mol. The van der Waals surface area contributed by atoms with E-state index in [0.717, 1.165) is 32.1 Å². The van der Waals surface area contributed by atoms with Gasteiger partial charge in [-0.15, -0.1) is 0 Å². The maximum absolute atomic E-state index is 13.5. The van der Waals surface area contributed by atoms with Crippen LogP contribution in [0.5, 0.6) is 0 Å². The first-order valence-corrected chi connectivity index (χ1v) is 13.7. The zero-order valence-electron chi connectivity index (χ0n) is 20.7. The molecule has 1 amide bonds. The molecule has 2 aliphatic rings. The molecule has 1 aromatic heterocycles. The Morgan fingerprint density at radius 3 is 2.36 bits per heavy atom. The van der Waals surface area contributed by atoms with Crippen LogP contribution in [0.3, 0.4) is 0 Å². The van der Waals surface area contributed by atoms with E-state index in [9.17, 15) is 4.79 Å². The zero-order valence-corrected chi connectivity index (χ0v) is 22.2. The highest BCUT2D eigenvalue weighted by Crippen LogP contribution is 2.40. The molecule has 0 bridgehead atoms. The number of hydrogen-bond acceptors (Lipinski definition) is 4. The molecule has 1 saturated carbocycles. The number of piperidine rings is 1. The third kappa shape index (κ3) is 5.20. The number of carbonyl (C=O) groups excluding carboxylic acids is 1. The van der Waals surface area contributed by atoms with Crippen molar-refractivity contribution in [2.24, 2.45) is 0 Å². The highest BCUT2D eigenvalue weighted by atomic mass is 35.5. The van der Waals surface area contributed by atoms with E-state index < -0.39 is 0 Å². The molecule has 3 aromatic rings. The molecule has 0 spiro atoms. The van der Waals surface area contributed by atoms with Gasteiger partial charge in [-0.1, -0.05) is 71.2 Å². The fraction of sp³-hybridized carbons (Fsp3) is 0.448. The molecule has 0 unspecified atom stereocenters. The number of halogens is 2. The molecule has 2 fully saturated rings. The number of carbonyl (C=O) groups is 1. The molecule has 0 atom stereocenters. The minimum atomic E-state index is -0.182. The summed E-state index contributed by atoms with van der Waals surface area (Å²) in [4.78, 5) is 16.2. The van der Waals surface area contributed by atoms with Crippen LogP contribution in [0.4, 0.5) is 0 Å². The topological polar surface area (TPSA) is 58.4 Å². The van der Waals surface area contributed by atoms with Gasteiger partial charge in [0.1, 0.15) is 17.0 Å². The average Bonchev–Trinajstić information content (AvgIpc) is 3.27. The predicted octanol–water partition coefficient (Wildman–Crippen LogP) is 7.10. The number of rotatable bonds is 6. The highest BCUT2D eigenvalue weighted by molar-refractivity contribution is 6.39. The van der Waals surface area contributed by atoms with Gasteiger partial charge in [0, 0.05) is 17.1 Å². The van der Waals surface area contributed by atoms with Crippen LogP contribution in [0, 0.1) is 6.92 Å². The van der Waals surface area contributed by atoms with Crippen molar-refractivity contribution in [2.45, 2.75) is 69.9 Å². The average molecular weight is 527 g/mol. The Kier molecular flexibility index (Phi) is 7.71. The molecule has 1 N–H and O–H groups in total. The lowest BCUT2D eigenvalue weighted by atomic mass is 9.73. The Morgan fingerprint density at radius 1 is 1.03 bits per heavy atom. The van der Waals surface area contributed by atoms with Crippen LogP contribution < -0.4 is 5.32 Å². The van der Waals surface area contributed by atoms with Gasteiger partial charge in [-0.2, -0.15) is 0 Å². The summed E-state index contributed by atoms with van der Waals surface area (Å²) in [5, 5.41) is 8.29. The fourth-order valence-corrected chi connectivity index (χ4v) is 6.62. The molecule has 0 radical (unpaired) electrons. The first-order valence-electron chi connectivity index (χ1n) is 13.0. The second-order valence-corrected chi connectivity index (χ2v) is 11.1. The smallest absolute Gasteiger partial charge is 0.257 e. The van der Waals surface area contributed by atoms with Crippen LogP contribution in [-0.2, 0) is 6.42 Å². The molecule has 1 saturated heterocycles. The fourth-order valence-electron chi connectivity index (χ4n) is 6.04. The Hall–Kier alpha value is -2.34. The second-order valence-electron chi connectivity index (χ2n) is 10.2. The Labute approximate surface area is 223 Å². The highest BCUT2D eigenvalue weighted by Gasteiger charge is 2.41. The molecule has 7 heteroatoms. The van der Waals surface area contributed by atoms with Crippen LogP contribution in [0.15, 0.2) is 53.1 Å². The number of nitrogens with one attached hydrogen (secondary N) is 1.